The highest BCUT2D eigenvalue weighted by molar-refractivity contribution is 5.93. The molecular weight excluding hydrogens is 381 g/mol. The number of nitrogens with one attached hydrogen (secondary N) is 1. The molecule has 0 saturated carbocycles. The highest BCUT2D eigenvalue weighted by atomic mass is 19.4. The summed E-state index contributed by atoms with van der Waals surface area (Å²) in [6.45, 7) is 10.8. The third kappa shape index (κ3) is 5.35. The summed E-state index contributed by atoms with van der Waals surface area (Å²) < 4.78 is 39.7. The van der Waals surface area contributed by atoms with Gasteiger partial charge in [0.05, 0.1) is 16.9 Å². The van der Waals surface area contributed by atoms with Gasteiger partial charge in [0.2, 0.25) is 0 Å². The number of urea groups is 1. The predicted octanol–water partition coefficient (Wildman–Crippen LogP) is 4.64. The van der Waals surface area contributed by atoms with Crippen molar-refractivity contribution in [3.63, 3.8) is 0 Å². The minimum absolute atomic E-state index is 0.0243. The van der Waals surface area contributed by atoms with Gasteiger partial charge in [-0.2, -0.15) is 13.2 Å². The maximum absolute atomic E-state index is 13.2. The summed E-state index contributed by atoms with van der Waals surface area (Å²) in [5.74, 6) is 0. The molecular formula is C21H31F3N4O. The van der Waals surface area contributed by atoms with Crippen molar-refractivity contribution in [2.45, 2.75) is 51.7 Å². The Hall–Kier alpha value is -1.96. The van der Waals surface area contributed by atoms with E-state index in [-0.39, 0.29) is 17.3 Å². The molecule has 1 aromatic carbocycles. The van der Waals surface area contributed by atoms with Crippen LogP contribution in [-0.4, -0.2) is 60.6 Å². The fourth-order valence-electron chi connectivity index (χ4n) is 4.03. The Morgan fingerprint density at radius 3 is 2.24 bits per heavy atom. The van der Waals surface area contributed by atoms with Crippen molar-refractivity contribution in [3.8, 4) is 0 Å². The van der Waals surface area contributed by atoms with E-state index in [4.69, 9.17) is 0 Å². The van der Waals surface area contributed by atoms with Crippen molar-refractivity contribution in [2.75, 3.05) is 49.5 Å². The maximum Gasteiger partial charge on any atom is 0.416 e. The van der Waals surface area contributed by atoms with Crippen molar-refractivity contribution in [3.05, 3.63) is 23.8 Å². The maximum atomic E-state index is 13.2. The average Bonchev–Trinajstić information content (AvgIpc) is 3.02. The minimum Gasteiger partial charge on any atom is -0.370 e. The van der Waals surface area contributed by atoms with Gasteiger partial charge in [-0.05, 0) is 58.2 Å². The first-order valence-corrected chi connectivity index (χ1v) is 10.3. The van der Waals surface area contributed by atoms with Crippen LogP contribution in [0.15, 0.2) is 18.2 Å². The summed E-state index contributed by atoms with van der Waals surface area (Å²) in [7, 11) is 0. The van der Waals surface area contributed by atoms with Crippen LogP contribution < -0.4 is 10.2 Å². The standard InChI is InChI=1S/C21H31F3N4O/c1-20(2,3)28-12-6-11-27(13-14-28)19(29)25-17-15-16(21(22,23)24)7-8-18(17)26-9-4-5-10-26/h7-8,15H,4-6,9-14H2,1-3H3,(H,25,29). The Bertz CT molecular complexity index is 724. The Labute approximate surface area is 170 Å². The summed E-state index contributed by atoms with van der Waals surface area (Å²) in [5.41, 5.74) is 0.181. The number of hydrogen-bond donors (Lipinski definition) is 1. The second-order valence-electron chi connectivity index (χ2n) is 8.85. The molecule has 5 nitrogen and oxygen atoms in total. The van der Waals surface area contributed by atoms with Crippen LogP contribution in [0.4, 0.5) is 29.3 Å². The number of rotatable bonds is 2. The van der Waals surface area contributed by atoms with Crippen LogP contribution in [0.5, 0.6) is 0 Å². The van der Waals surface area contributed by atoms with Crippen LogP contribution in [0.3, 0.4) is 0 Å². The Morgan fingerprint density at radius 1 is 0.931 bits per heavy atom. The van der Waals surface area contributed by atoms with Crippen LogP contribution in [0.2, 0.25) is 0 Å². The first-order valence-electron chi connectivity index (χ1n) is 10.3. The number of alkyl halides is 3. The molecule has 29 heavy (non-hydrogen) atoms. The number of nitrogens with zero attached hydrogens (tertiary/aromatic N) is 3. The zero-order valence-electron chi connectivity index (χ0n) is 17.5. The third-order valence-corrected chi connectivity index (χ3v) is 5.74. The predicted molar refractivity (Wildman–Crippen MR) is 109 cm³/mol. The zero-order chi connectivity index (χ0) is 21.2. The molecule has 8 heteroatoms. The fraction of sp³-hybridized carbons (Fsp3) is 0.667. The molecule has 2 heterocycles. The fourth-order valence-corrected chi connectivity index (χ4v) is 4.03. The van der Waals surface area contributed by atoms with Crippen LogP contribution >= 0.6 is 0 Å². The van der Waals surface area contributed by atoms with E-state index in [0.29, 0.717) is 18.8 Å². The van der Waals surface area contributed by atoms with Crippen LogP contribution in [0, 0.1) is 0 Å². The lowest BCUT2D eigenvalue weighted by Gasteiger charge is -2.34. The third-order valence-electron chi connectivity index (χ3n) is 5.74. The summed E-state index contributed by atoms with van der Waals surface area (Å²) in [5, 5.41) is 2.78. The number of hydrogen-bond acceptors (Lipinski definition) is 3. The Kier molecular flexibility index (Phi) is 6.31. The van der Waals surface area contributed by atoms with E-state index in [1.165, 1.54) is 6.07 Å². The molecule has 2 saturated heterocycles. The molecule has 2 fully saturated rings. The van der Waals surface area contributed by atoms with Crippen molar-refractivity contribution < 1.29 is 18.0 Å². The van der Waals surface area contributed by atoms with Crippen LogP contribution in [-0.2, 0) is 6.18 Å². The number of amides is 2. The van der Waals surface area contributed by atoms with Gasteiger partial charge >= 0.3 is 12.2 Å². The molecule has 0 aromatic heterocycles. The van der Waals surface area contributed by atoms with Gasteiger partial charge in [0.15, 0.2) is 0 Å². The van der Waals surface area contributed by atoms with Crippen molar-refractivity contribution in [1.29, 1.82) is 0 Å². The van der Waals surface area contributed by atoms with Crippen molar-refractivity contribution in [2.24, 2.45) is 0 Å². The average molecular weight is 413 g/mol. The van der Waals surface area contributed by atoms with E-state index in [2.05, 4.69) is 31.0 Å². The number of carbonyl (C=O) groups is 1. The highest BCUT2D eigenvalue weighted by Crippen LogP contribution is 2.36. The van der Waals surface area contributed by atoms with Gasteiger partial charge in [-0.3, -0.25) is 4.90 Å². The van der Waals surface area contributed by atoms with E-state index >= 15 is 0 Å². The first-order chi connectivity index (χ1) is 13.6. The van der Waals surface area contributed by atoms with Gasteiger partial charge in [0.1, 0.15) is 0 Å². The van der Waals surface area contributed by atoms with Gasteiger partial charge in [0.25, 0.3) is 0 Å². The van der Waals surface area contributed by atoms with E-state index in [1.54, 1.807) is 4.90 Å². The van der Waals surface area contributed by atoms with E-state index < -0.39 is 11.7 Å². The number of halogens is 3. The molecule has 0 aliphatic carbocycles. The lowest BCUT2D eigenvalue weighted by Crippen LogP contribution is -2.44. The minimum atomic E-state index is -4.45. The summed E-state index contributed by atoms with van der Waals surface area (Å²) in [6, 6.07) is 3.30. The van der Waals surface area contributed by atoms with Crippen LogP contribution in [0.25, 0.3) is 0 Å². The lowest BCUT2D eigenvalue weighted by molar-refractivity contribution is -0.137. The van der Waals surface area contributed by atoms with Gasteiger partial charge < -0.3 is 15.1 Å². The second kappa shape index (κ2) is 8.42. The molecule has 2 aliphatic rings. The number of carbonyl (C=O) groups excluding carboxylic acids is 1. The topological polar surface area (TPSA) is 38.8 Å². The SMILES string of the molecule is CC(C)(C)N1CCCN(C(=O)Nc2cc(C(F)(F)F)ccc2N2CCCC2)CC1. The smallest absolute Gasteiger partial charge is 0.370 e. The van der Waals surface area contributed by atoms with E-state index in [1.807, 2.05) is 4.90 Å². The normalized spacial score (nSPS) is 19.4. The Morgan fingerprint density at radius 2 is 1.62 bits per heavy atom. The molecule has 0 unspecified atom stereocenters. The summed E-state index contributed by atoms with van der Waals surface area (Å²) >= 11 is 0. The summed E-state index contributed by atoms with van der Waals surface area (Å²) in [6.07, 6.45) is -1.60. The molecule has 1 aromatic rings. The molecule has 162 valence electrons. The van der Waals surface area contributed by atoms with Gasteiger partial charge in [-0.15, -0.1) is 0 Å². The van der Waals surface area contributed by atoms with Gasteiger partial charge in [-0.25, -0.2) is 4.79 Å². The summed E-state index contributed by atoms with van der Waals surface area (Å²) in [4.78, 5) is 19.0. The first kappa shape index (κ1) is 21.7. The highest BCUT2D eigenvalue weighted by Gasteiger charge is 2.32. The lowest BCUT2D eigenvalue weighted by atomic mass is 10.1. The van der Waals surface area contributed by atoms with Gasteiger partial charge in [0, 0.05) is 44.8 Å². The van der Waals surface area contributed by atoms with Crippen molar-refractivity contribution >= 4 is 17.4 Å². The molecule has 0 bridgehead atoms. The molecule has 2 aliphatic heterocycles. The van der Waals surface area contributed by atoms with Crippen molar-refractivity contribution in [1.82, 2.24) is 9.80 Å². The molecule has 1 N–H and O–H groups in total. The van der Waals surface area contributed by atoms with E-state index in [0.717, 1.165) is 57.6 Å². The van der Waals surface area contributed by atoms with Crippen LogP contribution in [0.1, 0.15) is 45.6 Å². The quantitative estimate of drug-likeness (QED) is 0.769. The second-order valence-corrected chi connectivity index (χ2v) is 8.85. The Balaban J connectivity index is 1.77. The zero-order valence-corrected chi connectivity index (χ0v) is 17.5. The number of benzene rings is 1. The molecule has 2 amide bonds. The van der Waals surface area contributed by atoms with E-state index in [9.17, 15) is 18.0 Å². The monoisotopic (exact) mass is 412 g/mol. The molecule has 0 atom stereocenters. The number of anilines is 2. The molecule has 0 spiro atoms. The van der Waals surface area contributed by atoms with Gasteiger partial charge in [-0.1, -0.05) is 0 Å². The molecule has 3 rings (SSSR count). The largest absolute Gasteiger partial charge is 0.416 e. The molecule has 0 radical (unpaired) electrons.